The van der Waals surface area contributed by atoms with Crippen molar-refractivity contribution in [2.75, 3.05) is 45.4 Å². The van der Waals surface area contributed by atoms with Crippen LogP contribution in [0.5, 0.6) is 11.5 Å². The van der Waals surface area contributed by atoms with Gasteiger partial charge in [-0.1, -0.05) is 38.1 Å². The van der Waals surface area contributed by atoms with E-state index in [9.17, 15) is 19.5 Å². The van der Waals surface area contributed by atoms with Crippen molar-refractivity contribution in [1.29, 1.82) is 0 Å². The molecule has 3 heterocycles. The average Bonchev–Trinajstić information content (AvgIpc) is 3.11. The zero-order valence-electron chi connectivity index (χ0n) is 30.5. The summed E-state index contributed by atoms with van der Waals surface area (Å²) in [5.74, 6) is 0.0999. The van der Waals surface area contributed by atoms with Crippen molar-refractivity contribution in [2.45, 2.75) is 77.2 Å². The van der Waals surface area contributed by atoms with Crippen LogP contribution in [0.3, 0.4) is 0 Å². The van der Waals surface area contributed by atoms with E-state index >= 15 is 0 Å². The summed E-state index contributed by atoms with van der Waals surface area (Å²) in [6.45, 7) is 9.86. The van der Waals surface area contributed by atoms with Crippen LogP contribution < -0.4 is 20.7 Å². The Hall–Kier alpha value is -3.91. The number of Topliss-reactive ketones (excluding diaryl/α,β-unsaturated/α-hetero) is 2. The van der Waals surface area contributed by atoms with E-state index in [0.29, 0.717) is 40.7 Å². The zero-order chi connectivity index (χ0) is 37.3. The number of thiocarbonyl (C=S) groups is 1. The molecular weight excluding hydrogens is 687 g/mol. The van der Waals surface area contributed by atoms with Gasteiger partial charge in [-0.25, -0.2) is 0 Å². The van der Waals surface area contributed by atoms with Crippen molar-refractivity contribution < 1.29 is 29.0 Å². The summed E-state index contributed by atoms with van der Waals surface area (Å²) in [6, 6.07) is 9.51. The molecule has 6 atom stereocenters. The molecule has 2 aromatic rings. The first-order valence-corrected chi connectivity index (χ1v) is 18.4. The van der Waals surface area contributed by atoms with Gasteiger partial charge in [0.1, 0.15) is 6.04 Å². The molecule has 3 aliphatic heterocycles. The van der Waals surface area contributed by atoms with Crippen LogP contribution >= 0.6 is 24.8 Å². The van der Waals surface area contributed by atoms with Gasteiger partial charge in [0.05, 0.1) is 26.3 Å². The normalized spacial score (nSPS) is 24.7. The lowest BCUT2D eigenvalue weighted by atomic mass is 9.69. The number of para-hydroxylation sites is 1. The van der Waals surface area contributed by atoms with Gasteiger partial charge in [-0.15, -0.1) is 0 Å². The molecule has 2 bridgehead atoms. The number of hydrogen-bond acceptors (Lipinski definition) is 10. The predicted octanol–water partition coefficient (Wildman–Crippen LogP) is 4.42. The van der Waals surface area contributed by atoms with Crippen molar-refractivity contribution in [3.05, 3.63) is 75.6 Å². The number of piperazine rings is 1. The van der Waals surface area contributed by atoms with Crippen LogP contribution in [0.1, 0.15) is 62.8 Å². The smallest absolute Gasteiger partial charge is 0.242 e. The second-order valence-corrected chi connectivity index (χ2v) is 13.9. The topological polar surface area (TPSA) is 132 Å². The number of fused-ring (bicyclic) bond motifs is 6. The molecule has 0 saturated carbocycles. The van der Waals surface area contributed by atoms with Crippen molar-refractivity contribution in [1.82, 2.24) is 20.4 Å². The Morgan fingerprint density at radius 3 is 2.41 bits per heavy atom. The lowest BCUT2D eigenvalue weighted by molar-refractivity contribution is -0.124. The molecule has 51 heavy (non-hydrogen) atoms. The Kier molecular flexibility index (Phi) is 11.8. The van der Waals surface area contributed by atoms with E-state index < -0.39 is 12.1 Å². The largest absolute Gasteiger partial charge is 0.504 e. The molecule has 0 spiro atoms. The Morgan fingerprint density at radius 1 is 1.10 bits per heavy atom. The van der Waals surface area contributed by atoms with E-state index in [0.717, 1.165) is 22.4 Å². The van der Waals surface area contributed by atoms with Crippen LogP contribution in [0.2, 0.25) is 0 Å². The van der Waals surface area contributed by atoms with Gasteiger partial charge in [-0.05, 0) is 75.5 Å². The number of nitrogens with one attached hydrogen (secondary N) is 3. The second kappa shape index (κ2) is 15.8. The molecular formula is C38H49N5O6S2. The van der Waals surface area contributed by atoms with Gasteiger partial charge in [0.15, 0.2) is 28.2 Å². The summed E-state index contributed by atoms with van der Waals surface area (Å²) in [5, 5.41) is 21.2. The highest BCUT2D eigenvalue weighted by Crippen LogP contribution is 2.55. The van der Waals surface area contributed by atoms with Crippen LogP contribution in [0.25, 0.3) is 0 Å². The molecule has 1 saturated heterocycles. The summed E-state index contributed by atoms with van der Waals surface area (Å²) in [4.78, 5) is 46.1. The van der Waals surface area contributed by atoms with E-state index in [4.69, 9.17) is 34.3 Å². The minimum absolute atomic E-state index is 0.0191. The molecule has 13 heteroatoms. The third-order valence-electron chi connectivity index (χ3n) is 10.5. The van der Waals surface area contributed by atoms with Crippen LogP contribution in [0.4, 0.5) is 5.69 Å². The highest BCUT2D eigenvalue weighted by molar-refractivity contribution is 7.80. The Morgan fingerprint density at radius 2 is 1.78 bits per heavy atom. The van der Waals surface area contributed by atoms with Crippen molar-refractivity contribution in [2.24, 2.45) is 0 Å². The van der Waals surface area contributed by atoms with E-state index in [1.807, 2.05) is 58.2 Å². The van der Waals surface area contributed by atoms with Gasteiger partial charge in [0, 0.05) is 59.1 Å². The van der Waals surface area contributed by atoms with E-state index in [1.54, 1.807) is 21.0 Å². The number of aromatic hydroxyl groups is 1. The highest BCUT2D eigenvalue weighted by Gasteiger charge is 2.56. The number of ketones is 2. The zero-order valence-corrected chi connectivity index (χ0v) is 32.2. The average molecular weight is 736 g/mol. The molecule has 0 radical (unpaired) electrons. The number of benzene rings is 2. The fourth-order valence-electron chi connectivity index (χ4n) is 8.24. The number of ether oxygens (including phenoxy) is 2. The van der Waals surface area contributed by atoms with Gasteiger partial charge in [0.25, 0.3) is 0 Å². The summed E-state index contributed by atoms with van der Waals surface area (Å²) >= 11 is 10.2. The van der Waals surface area contributed by atoms with Gasteiger partial charge < -0.3 is 30.5 Å². The number of methoxy groups -OCH3 is 2. The number of thiol groups is 1. The van der Waals surface area contributed by atoms with Crippen LogP contribution in [0.15, 0.2) is 58.9 Å². The lowest BCUT2D eigenvalue weighted by Gasteiger charge is -2.60. The molecule has 1 amide bonds. The number of phenolic OH excluding ortho intramolecular Hbond substituents is 1. The first-order chi connectivity index (χ1) is 24.4. The number of likely N-dealkylation sites (N-methyl/N-ethyl adjacent to an activating group) is 1. The van der Waals surface area contributed by atoms with Crippen molar-refractivity contribution >= 4 is 53.1 Å². The number of phenols is 1. The number of carbonyl (C=O) groups excluding carboxylic acids is 3. The third-order valence-corrected chi connectivity index (χ3v) is 11.2. The maximum Gasteiger partial charge on any atom is 0.242 e. The van der Waals surface area contributed by atoms with Crippen molar-refractivity contribution in [3.63, 3.8) is 0 Å². The van der Waals surface area contributed by atoms with Gasteiger partial charge in [0.2, 0.25) is 11.7 Å². The Bertz CT molecular complexity index is 1780. The summed E-state index contributed by atoms with van der Waals surface area (Å²) < 4.78 is 11.1. The predicted molar refractivity (Wildman–Crippen MR) is 206 cm³/mol. The molecule has 6 unspecified atom stereocenters. The molecule has 2 aromatic carbocycles. The molecule has 4 N–H and O–H groups in total. The number of carbonyl (C=O) groups is 3. The number of rotatable bonds is 8. The van der Waals surface area contributed by atoms with Gasteiger partial charge >= 0.3 is 0 Å². The minimum Gasteiger partial charge on any atom is -0.504 e. The molecule has 1 aliphatic carbocycles. The SMILES string of the molecule is CC.COC1=C(C)C(=O)C2=C(C1=O)C(CNC(=O)C(C)NC(=S)Nc1ccccc1)N1CC3C(CS)c4cc(C)c(OC)c(O)c4C(C1C2)N3C. The van der Waals surface area contributed by atoms with Gasteiger partial charge in [-0.3, -0.25) is 24.2 Å². The van der Waals surface area contributed by atoms with Crippen LogP contribution in [0, 0.1) is 6.92 Å². The maximum atomic E-state index is 14.1. The fourth-order valence-corrected chi connectivity index (χ4v) is 8.97. The quantitative estimate of drug-likeness (QED) is 0.150. The van der Waals surface area contributed by atoms with Crippen LogP contribution in [-0.4, -0.2) is 102 Å². The Labute approximate surface area is 311 Å². The van der Waals surface area contributed by atoms with Crippen molar-refractivity contribution in [3.8, 4) is 11.5 Å². The fraction of sp³-hybridized carbons (Fsp3) is 0.474. The number of aryl methyl sites for hydroxylation is 1. The number of hydrogen-bond donors (Lipinski definition) is 5. The standard InChI is InChI=1S/C36H43N5O6S2.C2H6/c1-17-12-21-23(16-48)26-15-41-24(29(40(26)4)28(21)32(44)33(17)46-5)13-22-27(31(43)34(47-6)18(2)30(22)42)25(41)14-37-35(45)19(3)38-36(49)39-20-10-8-7-9-11-20;1-2/h7-12,19,23-26,29,44,48H,13-16H2,1-6H3,(H,37,45)(H2,38,39,49);1-2H3. The second-order valence-electron chi connectivity index (χ2n) is 13.2. The maximum absolute atomic E-state index is 14.1. The molecule has 11 nitrogen and oxygen atoms in total. The first-order valence-electron chi connectivity index (χ1n) is 17.4. The molecule has 1 fully saturated rings. The van der Waals surface area contributed by atoms with E-state index in [1.165, 1.54) is 7.11 Å². The third kappa shape index (κ3) is 6.76. The Balaban J connectivity index is 0.00000248. The molecule has 4 aliphatic rings. The number of anilines is 1. The summed E-state index contributed by atoms with van der Waals surface area (Å²) in [6.07, 6.45) is 0.290. The first kappa shape index (κ1) is 38.3. The molecule has 274 valence electrons. The summed E-state index contributed by atoms with van der Waals surface area (Å²) in [7, 11) is 4.98. The van der Waals surface area contributed by atoms with Crippen LogP contribution in [-0.2, 0) is 19.1 Å². The number of amides is 1. The lowest BCUT2D eigenvalue weighted by Crippen LogP contribution is -2.68. The number of nitrogens with zero attached hydrogens (tertiary/aromatic N) is 2. The highest BCUT2D eigenvalue weighted by atomic mass is 32.1. The molecule has 6 rings (SSSR count). The monoisotopic (exact) mass is 735 g/mol. The minimum atomic E-state index is -0.697. The summed E-state index contributed by atoms with van der Waals surface area (Å²) in [5.41, 5.74) is 4.43. The van der Waals surface area contributed by atoms with Gasteiger partial charge in [-0.2, -0.15) is 12.6 Å². The molecule has 0 aromatic heterocycles. The van der Waals surface area contributed by atoms with E-state index in [2.05, 4.69) is 31.8 Å². The number of allylic oxidation sites excluding steroid dienone is 2. The van der Waals surface area contributed by atoms with E-state index in [-0.39, 0.29) is 65.1 Å².